The Morgan fingerprint density at radius 3 is 2.50 bits per heavy atom. The molecule has 0 bridgehead atoms. The molecule has 0 aliphatic heterocycles. The molecule has 1 atom stereocenters. The van der Waals surface area contributed by atoms with Crippen molar-refractivity contribution in [2.75, 3.05) is 13.7 Å². The van der Waals surface area contributed by atoms with E-state index in [1.807, 2.05) is 31.2 Å². The number of nitrogens with two attached hydrogens (primary N) is 1. The third kappa shape index (κ3) is 4.31. The smallest absolute Gasteiger partial charge is 0.119 e. The Kier molecular flexibility index (Phi) is 4.79. The van der Waals surface area contributed by atoms with Crippen molar-refractivity contribution < 1.29 is 9.47 Å². The summed E-state index contributed by atoms with van der Waals surface area (Å²) in [6.45, 7) is 2.48. The second-order valence-electron chi connectivity index (χ2n) is 3.70. The number of hydrogen-bond donors (Lipinski definition) is 2. The molecular weight excluding hydrogens is 204 g/mol. The first-order valence-electron chi connectivity index (χ1n) is 5.19. The number of hydrogen-bond acceptors (Lipinski definition) is 3. The molecule has 3 N–H and O–H groups in total. The Morgan fingerprint density at radius 1 is 1.38 bits per heavy atom. The second kappa shape index (κ2) is 6.12. The second-order valence-corrected chi connectivity index (χ2v) is 3.70. The maximum Gasteiger partial charge on any atom is 0.119 e. The Labute approximate surface area is 95.9 Å². The fraction of sp³-hybridized carbons (Fsp3) is 0.417. The number of amidine groups is 1. The largest absolute Gasteiger partial charge is 0.491 e. The molecular formula is C12H18N2O2. The first kappa shape index (κ1) is 12.5. The topological polar surface area (TPSA) is 68.3 Å². The summed E-state index contributed by atoms with van der Waals surface area (Å²) in [5.74, 6) is 0.970. The standard InChI is InChI=1S/C12H18N2O2/c1-9(15-2)8-16-11-5-3-10(4-6-11)7-12(13)14/h3-6,9H,7-8H2,1-2H3,(H3,13,14). The van der Waals surface area contributed by atoms with Gasteiger partial charge in [0, 0.05) is 13.5 Å². The van der Waals surface area contributed by atoms with E-state index in [0.29, 0.717) is 13.0 Å². The summed E-state index contributed by atoms with van der Waals surface area (Å²) < 4.78 is 10.6. The predicted octanol–water partition coefficient (Wildman–Crippen LogP) is 1.58. The zero-order valence-electron chi connectivity index (χ0n) is 9.69. The van der Waals surface area contributed by atoms with Gasteiger partial charge in [0.05, 0.1) is 11.9 Å². The lowest BCUT2D eigenvalue weighted by molar-refractivity contribution is 0.0716. The van der Waals surface area contributed by atoms with Crippen molar-refractivity contribution >= 4 is 5.84 Å². The average Bonchev–Trinajstić information content (AvgIpc) is 2.27. The summed E-state index contributed by atoms with van der Waals surface area (Å²) in [5, 5.41) is 7.18. The molecule has 1 rings (SSSR count). The van der Waals surface area contributed by atoms with Crippen LogP contribution in [-0.4, -0.2) is 25.7 Å². The minimum atomic E-state index is 0.0805. The zero-order chi connectivity index (χ0) is 12.0. The highest BCUT2D eigenvalue weighted by Gasteiger charge is 2.01. The van der Waals surface area contributed by atoms with E-state index >= 15 is 0 Å². The van der Waals surface area contributed by atoms with Crippen LogP contribution in [0, 0.1) is 5.41 Å². The van der Waals surface area contributed by atoms with Gasteiger partial charge in [0.2, 0.25) is 0 Å². The quantitative estimate of drug-likeness (QED) is 0.567. The number of benzene rings is 1. The SMILES string of the molecule is COC(C)COc1ccc(CC(=N)N)cc1. The molecule has 1 aromatic carbocycles. The van der Waals surface area contributed by atoms with E-state index in [1.54, 1.807) is 7.11 Å². The molecule has 0 heterocycles. The summed E-state index contributed by atoms with van der Waals surface area (Å²) >= 11 is 0. The molecule has 1 unspecified atom stereocenters. The molecule has 88 valence electrons. The fourth-order valence-corrected chi connectivity index (χ4v) is 1.21. The van der Waals surface area contributed by atoms with Crippen molar-refractivity contribution in [3.63, 3.8) is 0 Å². The maximum absolute atomic E-state index is 7.18. The number of ether oxygens (including phenoxy) is 2. The molecule has 0 aliphatic carbocycles. The number of rotatable bonds is 6. The van der Waals surface area contributed by atoms with E-state index in [0.717, 1.165) is 11.3 Å². The van der Waals surface area contributed by atoms with Crippen LogP contribution in [-0.2, 0) is 11.2 Å². The Balaban J connectivity index is 2.48. The Hall–Kier alpha value is -1.55. The lowest BCUT2D eigenvalue weighted by atomic mass is 10.1. The van der Waals surface area contributed by atoms with Gasteiger partial charge in [0.1, 0.15) is 12.4 Å². The first-order valence-corrected chi connectivity index (χ1v) is 5.19. The van der Waals surface area contributed by atoms with Gasteiger partial charge < -0.3 is 15.2 Å². The molecule has 0 radical (unpaired) electrons. The first-order chi connectivity index (χ1) is 7.61. The van der Waals surface area contributed by atoms with Gasteiger partial charge in [-0.25, -0.2) is 0 Å². The minimum Gasteiger partial charge on any atom is -0.491 e. The molecule has 1 aromatic rings. The summed E-state index contributed by atoms with van der Waals surface area (Å²) in [4.78, 5) is 0. The van der Waals surface area contributed by atoms with E-state index in [4.69, 9.17) is 20.6 Å². The molecule has 4 nitrogen and oxygen atoms in total. The van der Waals surface area contributed by atoms with Crippen molar-refractivity contribution in [3.05, 3.63) is 29.8 Å². The van der Waals surface area contributed by atoms with Gasteiger partial charge in [-0.2, -0.15) is 0 Å². The van der Waals surface area contributed by atoms with Gasteiger partial charge in [0.15, 0.2) is 0 Å². The average molecular weight is 222 g/mol. The zero-order valence-corrected chi connectivity index (χ0v) is 9.69. The van der Waals surface area contributed by atoms with Crippen LogP contribution in [0.4, 0.5) is 0 Å². The lowest BCUT2D eigenvalue weighted by Crippen LogP contribution is -2.16. The summed E-state index contributed by atoms with van der Waals surface area (Å²) in [6, 6.07) is 7.57. The highest BCUT2D eigenvalue weighted by Crippen LogP contribution is 2.13. The van der Waals surface area contributed by atoms with E-state index in [2.05, 4.69) is 0 Å². The molecule has 0 amide bonds. The monoisotopic (exact) mass is 222 g/mol. The highest BCUT2D eigenvalue weighted by atomic mass is 16.5. The van der Waals surface area contributed by atoms with Crippen LogP contribution in [0.25, 0.3) is 0 Å². The molecule has 4 heteroatoms. The van der Waals surface area contributed by atoms with Crippen LogP contribution in [0.15, 0.2) is 24.3 Å². The van der Waals surface area contributed by atoms with Crippen LogP contribution in [0.2, 0.25) is 0 Å². The van der Waals surface area contributed by atoms with Crippen molar-refractivity contribution in [2.24, 2.45) is 5.73 Å². The molecule has 0 fully saturated rings. The summed E-state index contributed by atoms with van der Waals surface area (Å²) in [5.41, 5.74) is 6.33. The maximum atomic E-state index is 7.18. The normalized spacial score (nSPS) is 12.1. The Morgan fingerprint density at radius 2 is 2.00 bits per heavy atom. The van der Waals surface area contributed by atoms with E-state index in [-0.39, 0.29) is 11.9 Å². The molecule has 16 heavy (non-hydrogen) atoms. The molecule has 0 aromatic heterocycles. The predicted molar refractivity (Wildman–Crippen MR) is 64.0 cm³/mol. The molecule has 0 spiro atoms. The van der Waals surface area contributed by atoms with Crippen molar-refractivity contribution in [2.45, 2.75) is 19.4 Å². The third-order valence-electron chi connectivity index (χ3n) is 2.21. The van der Waals surface area contributed by atoms with Crippen molar-refractivity contribution in [1.82, 2.24) is 0 Å². The van der Waals surface area contributed by atoms with E-state index < -0.39 is 0 Å². The van der Waals surface area contributed by atoms with Gasteiger partial charge in [0.25, 0.3) is 0 Å². The molecule has 0 aliphatic rings. The van der Waals surface area contributed by atoms with Crippen molar-refractivity contribution in [1.29, 1.82) is 5.41 Å². The minimum absolute atomic E-state index is 0.0805. The van der Waals surface area contributed by atoms with Crippen LogP contribution in [0.3, 0.4) is 0 Å². The van der Waals surface area contributed by atoms with Gasteiger partial charge in [-0.15, -0.1) is 0 Å². The summed E-state index contributed by atoms with van der Waals surface area (Å²) in [7, 11) is 1.66. The summed E-state index contributed by atoms with van der Waals surface area (Å²) in [6.07, 6.45) is 0.561. The van der Waals surface area contributed by atoms with Gasteiger partial charge in [-0.05, 0) is 24.6 Å². The molecule has 0 saturated carbocycles. The van der Waals surface area contributed by atoms with Crippen LogP contribution in [0.5, 0.6) is 5.75 Å². The van der Waals surface area contributed by atoms with Crippen LogP contribution < -0.4 is 10.5 Å². The van der Waals surface area contributed by atoms with Crippen LogP contribution in [0.1, 0.15) is 12.5 Å². The molecule has 0 saturated heterocycles. The fourth-order valence-electron chi connectivity index (χ4n) is 1.21. The van der Waals surface area contributed by atoms with Gasteiger partial charge >= 0.3 is 0 Å². The third-order valence-corrected chi connectivity index (χ3v) is 2.21. The lowest BCUT2D eigenvalue weighted by Gasteiger charge is -2.11. The van der Waals surface area contributed by atoms with Gasteiger partial charge in [-0.3, -0.25) is 5.41 Å². The van der Waals surface area contributed by atoms with E-state index in [1.165, 1.54) is 0 Å². The van der Waals surface area contributed by atoms with Crippen LogP contribution >= 0.6 is 0 Å². The number of nitrogens with one attached hydrogen (secondary N) is 1. The highest BCUT2D eigenvalue weighted by molar-refractivity contribution is 5.79. The van der Waals surface area contributed by atoms with Gasteiger partial charge in [-0.1, -0.05) is 12.1 Å². The van der Waals surface area contributed by atoms with Crippen molar-refractivity contribution in [3.8, 4) is 5.75 Å². The van der Waals surface area contributed by atoms with E-state index in [9.17, 15) is 0 Å². The Bertz CT molecular complexity index is 335. The number of methoxy groups -OCH3 is 1.